The Kier molecular flexibility index (Phi) is 11.2. The maximum absolute atomic E-state index is 11.8. The van der Waals surface area contributed by atoms with Crippen molar-refractivity contribution < 1.29 is 4.79 Å². The van der Waals surface area contributed by atoms with Crippen LogP contribution >= 0.6 is 24.0 Å². The van der Waals surface area contributed by atoms with Gasteiger partial charge >= 0.3 is 0 Å². The number of aliphatic imine (C=N–C) groups is 1. The van der Waals surface area contributed by atoms with E-state index in [1.807, 2.05) is 43.3 Å². The lowest BCUT2D eigenvalue weighted by Crippen LogP contribution is -2.36. The molecule has 2 rings (SSSR count). The Morgan fingerprint density at radius 1 is 1.04 bits per heavy atom. The van der Waals surface area contributed by atoms with Crippen LogP contribution in [0.2, 0.25) is 0 Å². The lowest BCUT2D eigenvalue weighted by molar-refractivity contribution is -0.116. The normalized spacial score (nSPS) is 10.8. The monoisotopic (exact) mass is 494 g/mol. The van der Waals surface area contributed by atoms with Gasteiger partial charge in [0.1, 0.15) is 0 Å². The van der Waals surface area contributed by atoms with Crippen LogP contribution in [0.4, 0.5) is 5.69 Å². The molecule has 0 aliphatic rings. The van der Waals surface area contributed by atoms with Gasteiger partial charge in [-0.3, -0.25) is 4.79 Å². The van der Waals surface area contributed by atoms with E-state index in [9.17, 15) is 4.79 Å². The average molecular weight is 494 g/mol. The summed E-state index contributed by atoms with van der Waals surface area (Å²) < 4.78 is 0. The van der Waals surface area contributed by atoms with Crippen molar-refractivity contribution >= 4 is 41.5 Å². The number of hydrogen-bond donors (Lipinski definition) is 3. The average Bonchev–Trinajstić information content (AvgIpc) is 2.65. The maximum atomic E-state index is 11.8. The van der Waals surface area contributed by atoms with Crippen molar-refractivity contribution in [2.75, 3.05) is 11.9 Å². The summed E-state index contributed by atoms with van der Waals surface area (Å²) in [5.74, 6) is 0.826. The zero-order valence-electron chi connectivity index (χ0n) is 16.9. The predicted molar refractivity (Wildman–Crippen MR) is 128 cm³/mol. The van der Waals surface area contributed by atoms with E-state index in [4.69, 9.17) is 0 Å². The summed E-state index contributed by atoms with van der Waals surface area (Å²) in [6, 6.07) is 16.2. The number of rotatable bonds is 8. The van der Waals surface area contributed by atoms with Crippen LogP contribution in [0.1, 0.15) is 43.4 Å². The number of aryl methyl sites for hydroxylation is 1. The van der Waals surface area contributed by atoms with Crippen LogP contribution in [0.3, 0.4) is 0 Å². The van der Waals surface area contributed by atoms with Crippen LogP contribution in [-0.4, -0.2) is 18.4 Å². The van der Waals surface area contributed by atoms with Crippen molar-refractivity contribution in [3.8, 4) is 0 Å². The van der Waals surface area contributed by atoms with Gasteiger partial charge in [-0.1, -0.05) is 43.3 Å². The molecule has 1 amide bonds. The number of benzene rings is 2. The van der Waals surface area contributed by atoms with Crippen molar-refractivity contribution in [1.29, 1.82) is 0 Å². The van der Waals surface area contributed by atoms with Gasteiger partial charge < -0.3 is 16.0 Å². The van der Waals surface area contributed by atoms with Gasteiger partial charge in [0.15, 0.2) is 5.96 Å². The van der Waals surface area contributed by atoms with Gasteiger partial charge in [0.2, 0.25) is 5.91 Å². The molecule has 0 aliphatic heterocycles. The lowest BCUT2D eigenvalue weighted by Gasteiger charge is -2.13. The van der Waals surface area contributed by atoms with Gasteiger partial charge in [0.25, 0.3) is 0 Å². The number of carbonyl (C=O) groups excluding carboxylic acids is 1. The van der Waals surface area contributed by atoms with E-state index < -0.39 is 0 Å². The smallest absolute Gasteiger partial charge is 0.224 e. The molecule has 0 saturated carbocycles. The minimum Gasteiger partial charge on any atom is -0.357 e. The highest BCUT2D eigenvalue weighted by Gasteiger charge is 2.03. The first-order valence-electron chi connectivity index (χ1n) is 9.57. The number of carbonyl (C=O) groups is 1. The molecular formula is C22H31IN4O. The van der Waals surface area contributed by atoms with Crippen molar-refractivity contribution in [3.05, 3.63) is 65.2 Å². The fourth-order valence-corrected chi connectivity index (χ4v) is 2.70. The van der Waals surface area contributed by atoms with Crippen LogP contribution in [0.25, 0.3) is 0 Å². The zero-order valence-corrected chi connectivity index (χ0v) is 19.2. The van der Waals surface area contributed by atoms with E-state index >= 15 is 0 Å². The number of anilines is 1. The van der Waals surface area contributed by atoms with Crippen molar-refractivity contribution in [2.45, 2.75) is 46.7 Å². The Labute approximate surface area is 185 Å². The number of nitrogens with one attached hydrogen (secondary N) is 3. The van der Waals surface area contributed by atoms with Crippen LogP contribution in [0.5, 0.6) is 0 Å². The molecule has 5 nitrogen and oxygen atoms in total. The highest BCUT2D eigenvalue weighted by Crippen LogP contribution is 2.12. The van der Waals surface area contributed by atoms with E-state index in [-0.39, 0.29) is 29.9 Å². The summed E-state index contributed by atoms with van der Waals surface area (Å²) in [4.78, 5) is 16.4. The van der Waals surface area contributed by atoms with Gasteiger partial charge in [-0.2, -0.15) is 0 Å². The third kappa shape index (κ3) is 8.29. The highest BCUT2D eigenvalue weighted by atomic mass is 127. The maximum Gasteiger partial charge on any atom is 0.224 e. The van der Waals surface area contributed by atoms with Gasteiger partial charge in [-0.05, 0) is 49.1 Å². The topological polar surface area (TPSA) is 65.5 Å². The van der Waals surface area contributed by atoms with Crippen LogP contribution in [0.15, 0.2) is 53.5 Å². The van der Waals surface area contributed by atoms with Crippen molar-refractivity contribution in [1.82, 2.24) is 10.6 Å². The van der Waals surface area contributed by atoms with Gasteiger partial charge in [-0.25, -0.2) is 4.99 Å². The number of halogens is 1. The van der Waals surface area contributed by atoms with Gasteiger partial charge in [-0.15, -0.1) is 24.0 Å². The molecule has 0 spiro atoms. The second kappa shape index (κ2) is 13.1. The van der Waals surface area contributed by atoms with Crippen LogP contribution < -0.4 is 16.0 Å². The molecule has 0 aromatic heterocycles. The van der Waals surface area contributed by atoms with Crippen molar-refractivity contribution in [2.24, 2.45) is 4.99 Å². The fourth-order valence-electron chi connectivity index (χ4n) is 2.70. The minimum atomic E-state index is 0. The molecule has 0 aliphatic carbocycles. The summed E-state index contributed by atoms with van der Waals surface area (Å²) in [6.45, 7) is 8.23. The first-order valence-corrected chi connectivity index (χ1v) is 9.57. The van der Waals surface area contributed by atoms with Crippen LogP contribution in [-0.2, 0) is 17.9 Å². The molecule has 3 N–H and O–H groups in total. The zero-order chi connectivity index (χ0) is 19.5. The Hall–Kier alpha value is -2.09. The Morgan fingerprint density at radius 3 is 2.54 bits per heavy atom. The largest absolute Gasteiger partial charge is 0.357 e. The Balaban J connectivity index is 0.00000392. The van der Waals surface area contributed by atoms with Crippen molar-refractivity contribution in [3.63, 3.8) is 0 Å². The molecule has 0 radical (unpaired) electrons. The Bertz CT molecular complexity index is 777. The molecule has 0 unspecified atom stereocenters. The quantitative estimate of drug-likeness (QED) is 0.286. The van der Waals surface area contributed by atoms with E-state index in [2.05, 4.69) is 46.9 Å². The molecule has 2 aromatic carbocycles. The summed E-state index contributed by atoms with van der Waals surface area (Å²) in [5.41, 5.74) is 4.39. The van der Waals surface area contributed by atoms with Crippen LogP contribution in [0, 0.1) is 6.92 Å². The van der Waals surface area contributed by atoms with E-state index in [0.717, 1.165) is 36.7 Å². The van der Waals surface area contributed by atoms with E-state index in [0.29, 0.717) is 13.0 Å². The number of nitrogens with zero attached hydrogens (tertiary/aromatic N) is 1. The molecule has 152 valence electrons. The molecule has 0 bridgehead atoms. The van der Waals surface area contributed by atoms with E-state index in [1.54, 1.807) is 0 Å². The molecule has 0 heterocycles. The standard InChI is InChI=1S/C22H30N4O.HI/c1-4-9-21(27)26-20-13-8-11-18(14-20)15-24-22(23-5-2)25-16-19-12-7-6-10-17(19)3;/h6-8,10-14H,4-5,9,15-16H2,1-3H3,(H,26,27)(H2,23,24,25);1H. The van der Waals surface area contributed by atoms with Gasteiger partial charge in [0, 0.05) is 25.2 Å². The SMILES string of the molecule is CCCC(=O)Nc1cccc(CN=C(NCC)NCc2ccccc2C)c1.I. The number of guanidine groups is 1. The second-order valence-corrected chi connectivity index (χ2v) is 6.47. The summed E-state index contributed by atoms with van der Waals surface area (Å²) in [6.07, 6.45) is 1.38. The van der Waals surface area contributed by atoms with Gasteiger partial charge in [0.05, 0.1) is 6.54 Å². The molecule has 2 aromatic rings. The molecule has 6 heteroatoms. The lowest BCUT2D eigenvalue weighted by atomic mass is 10.1. The highest BCUT2D eigenvalue weighted by molar-refractivity contribution is 14.0. The number of hydrogen-bond acceptors (Lipinski definition) is 2. The minimum absolute atomic E-state index is 0. The third-order valence-corrected chi connectivity index (χ3v) is 4.16. The molecule has 28 heavy (non-hydrogen) atoms. The fraction of sp³-hybridized carbons (Fsp3) is 0.364. The Morgan fingerprint density at radius 2 is 1.82 bits per heavy atom. The summed E-state index contributed by atoms with van der Waals surface area (Å²) in [7, 11) is 0. The molecule has 0 fully saturated rings. The predicted octanol–water partition coefficient (Wildman–Crippen LogP) is 4.61. The second-order valence-electron chi connectivity index (χ2n) is 6.47. The molecule has 0 saturated heterocycles. The number of amides is 1. The molecular weight excluding hydrogens is 463 g/mol. The van der Waals surface area contributed by atoms with E-state index in [1.165, 1.54) is 11.1 Å². The first-order chi connectivity index (χ1) is 13.1. The summed E-state index contributed by atoms with van der Waals surface area (Å²) >= 11 is 0. The molecule has 0 atom stereocenters. The summed E-state index contributed by atoms with van der Waals surface area (Å²) in [5, 5.41) is 9.59. The third-order valence-electron chi connectivity index (χ3n) is 4.16. The first kappa shape index (κ1) is 23.9.